The first-order valence-electron chi connectivity index (χ1n) is 13.3. The lowest BCUT2D eigenvalue weighted by Gasteiger charge is -2.20. The molecule has 1 atom stereocenters. The number of amides is 1. The maximum Gasteiger partial charge on any atom is 0.270 e. The van der Waals surface area contributed by atoms with Crippen LogP contribution in [0, 0.1) is 18.3 Å². The number of nitriles is 1. The van der Waals surface area contributed by atoms with Gasteiger partial charge in [0.05, 0.1) is 31.8 Å². The Hall–Kier alpha value is -3.33. The van der Waals surface area contributed by atoms with Crippen molar-refractivity contribution in [3.05, 3.63) is 55.7 Å². The minimum absolute atomic E-state index is 0.0194. The molecule has 212 valence electrons. The van der Waals surface area contributed by atoms with E-state index in [0.717, 1.165) is 18.4 Å². The van der Waals surface area contributed by atoms with Crippen LogP contribution in [-0.4, -0.2) is 59.7 Å². The van der Waals surface area contributed by atoms with Crippen LogP contribution < -0.4 is 20.3 Å². The van der Waals surface area contributed by atoms with Crippen LogP contribution in [0.1, 0.15) is 48.4 Å². The minimum Gasteiger partial charge on any atom is -0.493 e. The molecule has 3 heterocycles. The van der Waals surface area contributed by atoms with E-state index in [1.54, 1.807) is 36.7 Å². The third-order valence-electron chi connectivity index (χ3n) is 7.04. The van der Waals surface area contributed by atoms with E-state index in [4.69, 9.17) is 26.4 Å². The van der Waals surface area contributed by atoms with Gasteiger partial charge in [-0.15, -0.1) is 0 Å². The Bertz CT molecular complexity index is 1420. The molecule has 2 aliphatic rings. The van der Waals surface area contributed by atoms with Crippen LogP contribution in [0.25, 0.3) is 6.08 Å². The zero-order valence-electron chi connectivity index (χ0n) is 23.2. The van der Waals surface area contributed by atoms with Crippen LogP contribution in [0.3, 0.4) is 0 Å². The van der Waals surface area contributed by atoms with Crippen LogP contribution >= 0.6 is 24.0 Å². The van der Waals surface area contributed by atoms with Crippen molar-refractivity contribution >= 4 is 46.1 Å². The van der Waals surface area contributed by atoms with Gasteiger partial charge in [0, 0.05) is 25.3 Å². The number of nitrogens with one attached hydrogen (secondary N) is 1. The van der Waals surface area contributed by atoms with Gasteiger partial charge in [0.1, 0.15) is 21.8 Å². The number of anilines is 1. The van der Waals surface area contributed by atoms with Crippen LogP contribution in [0.4, 0.5) is 5.82 Å². The molecule has 0 saturated carbocycles. The Kier molecular flexibility index (Phi) is 9.90. The van der Waals surface area contributed by atoms with E-state index in [1.165, 1.54) is 11.8 Å². The van der Waals surface area contributed by atoms with Gasteiger partial charge in [-0.1, -0.05) is 37.0 Å². The monoisotopic (exact) mass is 582 g/mol. The van der Waals surface area contributed by atoms with Gasteiger partial charge in [0.2, 0.25) is 0 Å². The van der Waals surface area contributed by atoms with Gasteiger partial charge in [-0.25, -0.2) is 0 Å². The molecule has 1 N–H and O–H groups in total. The summed E-state index contributed by atoms with van der Waals surface area (Å²) in [6.45, 7) is 5.77. The van der Waals surface area contributed by atoms with Gasteiger partial charge < -0.3 is 19.5 Å². The van der Waals surface area contributed by atoms with Crippen LogP contribution in [-0.2, 0) is 22.5 Å². The van der Waals surface area contributed by atoms with E-state index >= 15 is 0 Å². The van der Waals surface area contributed by atoms with Crippen molar-refractivity contribution in [2.24, 2.45) is 0 Å². The van der Waals surface area contributed by atoms with E-state index in [0.29, 0.717) is 76.8 Å². The van der Waals surface area contributed by atoms with Gasteiger partial charge in [0.15, 0.2) is 11.5 Å². The molecule has 2 aromatic rings. The van der Waals surface area contributed by atoms with E-state index in [2.05, 4.69) is 11.4 Å². The second-order valence-corrected chi connectivity index (χ2v) is 11.3. The molecule has 1 unspecified atom stereocenters. The van der Waals surface area contributed by atoms with Crippen molar-refractivity contribution in [2.45, 2.75) is 52.2 Å². The summed E-state index contributed by atoms with van der Waals surface area (Å²) in [5.74, 6) is 1.68. The van der Waals surface area contributed by atoms with E-state index in [9.17, 15) is 14.9 Å². The average Bonchev–Trinajstić information content (AvgIpc) is 3.56. The molecule has 0 bridgehead atoms. The molecule has 11 heteroatoms. The third-order valence-corrected chi connectivity index (χ3v) is 8.41. The number of methoxy groups -OCH3 is 2. The molecule has 2 saturated heterocycles. The highest BCUT2D eigenvalue weighted by molar-refractivity contribution is 8.26. The maximum atomic E-state index is 13.4. The average molecular weight is 583 g/mol. The molecule has 1 amide bonds. The normalized spacial score (nSPS) is 17.9. The lowest BCUT2D eigenvalue weighted by molar-refractivity contribution is -0.123. The van der Waals surface area contributed by atoms with Gasteiger partial charge in [-0.2, -0.15) is 5.26 Å². The fourth-order valence-corrected chi connectivity index (χ4v) is 6.19. The number of thioether (sulfide) groups is 1. The summed E-state index contributed by atoms with van der Waals surface area (Å²) < 4.78 is 18.6. The Morgan fingerprint density at radius 3 is 2.70 bits per heavy atom. The number of thiocarbonyl (C=S) groups is 1. The smallest absolute Gasteiger partial charge is 0.270 e. The minimum atomic E-state index is -0.349. The number of rotatable bonds is 11. The number of aromatic nitrogens is 1. The molecular formula is C29H34N4O5S2. The van der Waals surface area contributed by atoms with Gasteiger partial charge in [-0.05, 0) is 61.9 Å². The molecule has 0 aliphatic carbocycles. The molecule has 2 fully saturated rings. The standard InChI is InChI=1S/C29H34N4O5S2/c1-5-12-32-26(31-11-10-19-8-9-23(36-3)24(14-19)37-4)21(18(2)22(16-30)27(32)34)15-25-28(35)33(29(39)40-25)17-20-7-6-13-38-20/h8-9,14-15,20,31H,5-7,10-13,17H2,1-4H3/b25-15+. The van der Waals surface area contributed by atoms with Crippen molar-refractivity contribution in [3.8, 4) is 17.6 Å². The Morgan fingerprint density at radius 1 is 1.27 bits per heavy atom. The number of carbonyl (C=O) groups is 1. The maximum absolute atomic E-state index is 13.4. The van der Waals surface area contributed by atoms with Crippen LogP contribution in [0.15, 0.2) is 27.9 Å². The second kappa shape index (κ2) is 13.4. The molecule has 9 nitrogen and oxygen atoms in total. The van der Waals surface area contributed by atoms with Crippen molar-refractivity contribution in [3.63, 3.8) is 0 Å². The first kappa shape index (κ1) is 29.6. The number of carbonyl (C=O) groups excluding carboxylic acids is 1. The number of nitrogens with zero attached hydrogens (tertiary/aromatic N) is 3. The predicted molar refractivity (Wildman–Crippen MR) is 161 cm³/mol. The first-order valence-corrected chi connectivity index (χ1v) is 14.5. The number of benzene rings is 1. The van der Waals surface area contributed by atoms with E-state index < -0.39 is 0 Å². The largest absolute Gasteiger partial charge is 0.493 e. The number of ether oxygens (including phenoxy) is 3. The quantitative estimate of drug-likeness (QED) is 0.303. The van der Waals surface area contributed by atoms with Crippen LogP contribution in [0.5, 0.6) is 11.5 Å². The molecule has 40 heavy (non-hydrogen) atoms. The summed E-state index contributed by atoms with van der Waals surface area (Å²) >= 11 is 6.77. The zero-order valence-corrected chi connectivity index (χ0v) is 24.9. The van der Waals surface area contributed by atoms with Crippen molar-refractivity contribution in [2.75, 3.05) is 39.2 Å². The zero-order chi connectivity index (χ0) is 28.8. The molecule has 4 rings (SSSR count). The van der Waals surface area contributed by atoms with E-state index in [-0.39, 0.29) is 23.1 Å². The molecule has 2 aliphatic heterocycles. The highest BCUT2D eigenvalue weighted by Crippen LogP contribution is 2.36. The van der Waals surface area contributed by atoms with Crippen LogP contribution in [0.2, 0.25) is 0 Å². The molecule has 0 radical (unpaired) electrons. The van der Waals surface area contributed by atoms with Crippen molar-refractivity contribution in [1.29, 1.82) is 5.26 Å². The lowest BCUT2D eigenvalue weighted by Crippen LogP contribution is -2.35. The van der Waals surface area contributed by atoms with Crippen molar-refractivity contribution < 1.29 is 19.0 Å². The van der Waals surface area contributed by atoms with E-state index in [1.807, 2.05) is 25.1 Å². The SMILES string of the molecule is CCCn1c(NCCc2ccc(OC)c(OC)c2)c(/C=C2/SC(=S)N(CC3CCCO3)C2=O)c(C)c(C#N)c1=O. The summed E-state index contributed by atoms with van der Waals surface area (Å²) in [6.07, 6.45) is 4.95. The second-order valence-electron chi connectivity index (χ2n) is 9.62. The third kappa shape index (κ3) is 6.19. The summed E-state index contributed by atoms with van der Waals surface area (Å²) in [7, 11) is 3.19. The van der Waals surface area contributed by atoms with Crippen molar-refractivity contribution in [1.82, 2.24) is 9.47 Å². The van der Waals surface area contributed by atoms with Gasteiger partial charge >= 0.3 is 0 Å². The summed E-state index contributed by atoms with van der Waals surface area (Å²) in [5, 5.41) is 13.3. The Balaban J connectivity index is 1.68. The summed E-state index contributed by atoms with van der Waals surface area (Å²) in [5.41, 5.74) is 1.90. The lowest BCUT2D eigenvalue weighted by atomic mass is 10.0. The number of pyridine rings is 1. The fraction of sp³-hybridized carbons (Fsp3) is 0.448. The first-order chi connectivity index (χ1) is 19.3. The van der Waals surface area contributed by atoms with Gasteiger partial charge in [-0.3, -0.25) is 19.1 Å². The molecule has 1 aromatic carbocycles. The summed E-state index contributed by atoms with van der Waals surface area (Å²) in [4.78, 5) is 28.7. The number of hydrogen-bond acceptors (Lipinski definition) is 9. The topological polar surface area (TPSA) is 106 Å². The molecule has 1 aromatic heterocycles. The number of hydrogen-bond donors (Lipinski definition) is 1. The molecule has 0 spiro atoms. The Morgan fingerprint density at radius 2 is 2.05 bits per heavy atom. The highest BCUT2D eigenvalue weighted by Gasteiger charge is 2.35. The Labute approximate surface area is 244 Å². The van der Waals surface area contributed by atoms with Gasteiger partial charge in [0.25, 0.3) is 11.5 Å². The predicted octanol–water partition coefficient (Wildman–Crippen LogP) is 4.49. The fourth-order valence-electron chi connectivity index (χ4n) is 4.93. The summed E-state index contributed by atoms with van der Waals surface area (Å²) in [6, 6.07) is 7.82. The molecular weight excluding hydrogens is 548 g/mol. The highest BCUT2D eigenvalue weighted by atomic mass is 32.2.